The molecule has 3 aromatic carbocycles. The van der Waals surface area contributed by atoms with Gasteiger partial charge in [0.05, 0.1) is 5.41 Å². The Morgan fingerprint density at radius 2 is 1.58 bits per heavy atom. The molecule has 4 nitrogen and oxygen atoms in total. The highest BCUT2D eigenvalue weighted by Gasteiger charge is 2.45. The maximum absolute atomic E-state index is 13.7. The van der Waals surface area contributed by atoms with Gasteiger partial charge in [-0.05, 0) is 66.4 Å². The number of rotatable bonds is 6. The molecule has 158 valence electrons. The predicted molar refractivity (Wildman–Crippen MR) is 115 cm³/mol. The molecule has 3 aromatic rings. The van der Waals surface area contributed by atoms with E-state index in [-0.39, 0.29) is 23.8 Å². The average molecular weight is 420 g/mol. The molecule has 1 aliphatic carbocycles. The van der Waals surface area contributed by atoms with Crippen molar-refractivity contribution in [2.45, 2.75) is 31.2 Å². The zero-order chi connectivity index (χ0) is 21.8. The summed E-state index contributed by atoms with van der Waals surface area (Å²) in [6, 6.07) is 18.8. The molecule has 31 heavy (non-hydrogen) atoms. The van der Waals surface area contributed by atoms with Gasteiger partial charge in [-0.1, -0.05) is 36.8 Å². The second-order valence-corrected chi connectivity index (χ2v) is 7.79. The van der Waals surface area contributed by atoms with E-state index in [1.807, 2.05) is 6.07 Å². The first kappa shape index (κ1) is 20.7. The van der Waals surface area contributed by atoms with Gasteiger partial charge in [-0.15, -0.1) is 0 Å². The number of nitrogens with one attached hydrogen (secondary N) is 2. The molecule has 0 bridgehead atoms. The number of benzene rings is 3. The maximum Gasteiger partial charge on any atom is 0.255 e. The van der Waals surface area contributed by atoms with Crippen LogP contribution in [0.5, 0.6) is 0 Å². The molecule has 6 heteroatoms. The van der Waals surface area contributed by atoms with E-state index >= 15 is 0 Å². The molecule has 0 aromatic heterocycles. The summed E-state index contributed by atoms with van der Waals surface area (Å²) in [4.78, 5) is 25.3. The Labute approximate surface area is 179 Å². The summed E-state index contributed by atoms with van der Waals surface area (Å²) in [5.41, 5.74) is 1.59. The first-order valence-corrected chi connectivity index (χ1v) is 10.2. The van der Waals surface area contributed by atoms with Crippen molar-refractivity contribution in [2.75, 3.05) is 5.32 Å². The molecule has 0 heterocycles. The molecular weight excluding hydrogens is 398 g/mol. The Morgan fingerprint density at radius 1 is 0.871 bits per heavy atom. The van der Waals surface area contributed by atoms with Crippen LogP contribution in [0.1, 0.15) is 40.7 Å². The minimum atomic E-state index is -0.689. The lowest BCUT2D eigenvalue weighted by Gasteiger charge is -2.40. The van der Waals surface area contributed by atoms with Gasteiger partial charge in [0.15, 0.2) is 0 Å². The lowest BCUT2D eigenvalue weighted by molar-refractivity contribution is -0.130. The van der Waals surface area contributed by atoms with Gasteiger partial charge in [-0.25, -0.2) is 8.78 Å². The topological polar surface area (TPSA) is 58.2 Å². The quantitative estimate of drug-likeness (QED) is 0.593. The number of hydrogen-bond donors (Lipinski definition) is 2. The summed E-state index contributed by atoms with van der Waals surface area (Å²) in [5.74, 6) is -1.37. The van der Waals surface area contributed by atoms with Crippen molar-refractivity contribution in [2.24, 2.45) is 0 Å². The van der Waals surface area contributed by atoms with Crippen LogP contribution in [0.4, 0.5) is 14.5 Å². The number of halogens is 2. The van der Waals surface area contributed by atoms with E-state index in [1.165, 1.54) is 36.4 Å². The van der Waals surface area contributed by atoms with Crippen LogP contribution in [0.15, 0.2) is 72.8 Å². The molecule has 4 rings (SSSR count). The average Bonchev–Trinajstić information content (AvgIpc) is 2.72. The highest BCUT2D eigenvalue weighted by atomic mass is 19.1. The largest absolute Gasteiger partial charge is 0.351 e. The first-order chi connectivity index (χ1) is 15.0. The first-order valence-electron chi connectivity index (χ1n) is 10.2. The highest BCUT2D eigenvalue weighted by Crippen LogP contribution is 2.44. The second kappa shape index (κ2) is 8.68. The molecule has 1 fully saturated rings. The summed E-state index contributed by atoms with van der Waals surface area (Å²) in [6.07, 6.45) is 2.30. The van der Waals surface area contributed by atoms with E-state index in [2.05, 4.69) is 10.6 Å². The van der Waals surface area contributed by atoms with Crippen molar-refractivity contribution < 1.29 is 18.4 Å². The van der Waals surface area contributed by atoms with Gasteiger partial charge in [-0.2, -0.15) is 0 Å². The van der Waals surface area contributed by atoms with Gasteiger partial charge >= 0.3 is 0 Å². The van der Waals surface area contributed by atoms with E-state index in [0.29, 0.717) is 24.1 Å². The van der Waals surface area contributed by atoms with Crippen LogP contribution >= 0.6 is 0 Å². The van der Waals surface area contributed by atoms with Gasteiger partial charge < -0.3 is 10.6 Å². The molecule has 0 atom stereocenters. The summed E-state index contributed by atoms with van der Waals surface area (Å²) in [7, 11) is 0. The van der Waals surface area contributed by atoms with Crippen LogP contribution in [0.3, 0.4) is 0 Å². The number of hydrogen-bond acceptors (Lipinski definition) is 2. The van der Waals surface area contributed by atoms with Crippen LogP contribution in [-0.4, -0.2) is 11.8 Å². The standard InChI is InChI=1S/C25H22F2N2O2/c26-20-8-2-6-18(14-20)23(30)29-22-10-1-5-17(13-22)16-28-24(31)25(11-4-12-25)19-7-3-9-21(27)15-19/h1-3,5-10,13-15H,4,11-12,16H2,(H,28,31)(H,29,30). The van der Waals surface area contributed by atoms with E-state index in [1.54, 1.807) is 30.3 Å². The Bertz CT molecular complexity index is 1130. The van der Waals surface area contributed by atoms with Crippen molar-refractivity contribution in [1.82, 2.24) is 5.32 Å². The Balaban J connectivity index is 1.42. The molecule has 1 saturated carbocycles. The fourth-order valence-corrected chi connectivity index (χ4v) is 3.91. The fraction of sp³-hybridized carbons (Fsp3) is 0.200. The van der Waals surface area contributed by atoms with Crippen molar-refractivity contribution >= 4 is 17.5 Å². The minimum Gasteiger partial charge on any atom is -0.351 e. The van der Waals surface area contributed by atoms with E-state index < -0.39 is 17.1 Å². The molecule has 1 aliphatic rings. The van der Waals surface area contributed by atoms with Crippen LogP contribution in [0.2, 0.25) is 0 Å². The summed E-state index contributed by atoms with van der Waals surface area (Å²) >= 11 is 0. The van der Waals surface area contributed by atoms with E-state index in [9.17, 15) is 18.4 Å². The molecule has 2 amide bonds. The maximum atomic E-state index is 13.7. The van der Waals surface area contributed by atoms with E-state index in [4.69, 9.17) is 0 Å². The van der Waals surface area contributed by atoms with Crippen LogP contribution in [-0.2, 0) is 16.8 Å². The van der Waals surface area contributed by atoms with Gasteiger partial charge in [0.25, 0.3) is 5.91 Å². The summed E-state index contributed by atoms with van der Waals surface area (Å²) < 4.78 is 27.0. The van der Waals surface area contributed by atoms with Gasteiger partial charge in [0, 0.05) is 17.8 Å². The number of carbonyl (C=O) groups is 2. The molecule has 0 aliphatic heterocycles. The minimum absolute atomic E-state index is 0.126. The van der Waals surface area contributed by atoms with Gasteiger partial charge in [0.1, 0.15) is 11.6 Å². The number of amides is 2. The van der Waals surface area contributed by atoms with Crippen molar-refractivity contribution in [3.63, 3.8) is 0 Å². The third-order valence-corrected chi connectivity index (χ3v) is 5.74. The monoisotopic (exact) mass is 420 g/mol. The molecule has 0 radical (unpaired) electrons. The number of anilines is 1. The Hall–Kier alpha value is -3.54. The van der Waals surface area contributed by atoms with Crippen molar-refractivity contribution in [3.8, 4) is 0 Å². The normalized spacial score (nSPS) is 14.4. The van der Waals surface area contributed by atoms with Crippen molar-refractivity contribution in [3.05, 3.63) is 101 Å². The fourth-order valence-electron chi connectivity index (χ4n) is 3.91. The lowest BCUT2D eigenvalue weighted by atomic mass is 9.64. The lowest BCUT2D eigenvalue weighted by Crippen LogP contribution is -2.49. The van der Waals surface area contributed by atoms with Crippen LogP contribution in [0, 0.1) is 11.6 Å². The summed E-state index contributed by atoms with van der Waals surface area (Å²) in [6.45, 7) is 0.277. The van der Waals surface area contributed by atoms with E-state index in [0.717, 1.165) is 12.0 Å². The SMILES string of the molecule is O=C(Nc1cccc(CNC(=O)C2(c3cccc(F)c3)CCC2)c1)c1cccc(F)c1. The highest BCUT2D eigenvalue weighted by molar-refractivity contribution is 6.04. The van der Waals surface area contributed by atoms with Crippen molar-refractivity contribution in [1.29, 1.82) is 0 Å². The van der Waals surface area contributed by atoms with Crippen LogP contribution in [0.25, 0.3) is 0 Å². The zero-order valence-electron chi connectivity index (χ0n) is 16.8. The molecular formula is C25H22F2N2O2. The van der Waals surface area contributed by atoms with Crippen LogP contribution < -0.4 is 10.6 Å². The number of carbonyl (C=O) groups excluding carboxylic acids is 2. The third kappa shape index (κ3) is 4.48. The van der Waals surface area contributed by atoms with Gasteiger partial charge in [-0.3, -0.25) is 9.59 Å². The Morgan fingerprint density at radius 3 is 2.26 bits per heavy atom. The van der Waals surface area contributed by atoms with Gasteiger partial charge in [0.2, 0.25) is 5.91 Å². The Kier molecular flexibility index (Phi) is 5.80. The molecule has 0 saturated heterocycles. The smallest absolute Gasteiger partial charge is 0.255 e. The summed E-state index contributed by atoms with van der Waals surface area (Å²) in [5, 5.41) is 5.69. The second-order valence-electron chi connectivity index (χ2n) is 7.79. The predicted octanol–water partition coefficient (Wildman–Crippen LogP) is 4.96. The molecule has 0 spiro atoms. The third-order valence-electron chi connectivity index (χ3n) is 5.74. The molecule has 2 N–H and O–H groups in total. The molecule has 0 unspecified atom stereocenters. The zero-order valence-corrected chi connectivity index (χ0v) is 16.8.